The zero-order valence-corrected chi connectivity index (χ0v) is 23.1. The fourth-order valence-electron chi connectivity index (χ4n) is 4.51. The average molecular weight is 608 g/mol. The Morgan fingerprint density at radius 3 is 2.37 bits per heavy atom. The fraction of sp³-hybridized carbons (Fsp3) is 0.300. The standard InChI is InChI=1S/C30H27F6N3O4/c1-19-17-22(42-16-6-15-29(31,32)33)14-13-20(19)11-12-21-7-3-4-8-23(21)25-9-5-10-26(38-25)39-27(30(34,35)36)24(18-37-39)28(40)43-41-2/h3-5,7-10,13-14,17-18H,6,11-12,15-16H2,1-2H3. The molecule has 4 rings (SSSR count). The Morgan fingerprint density at radius 2 is 1.67 bits per heavy atom. The van der Waals surface area contributed by atoms with Gasteiger partial charge in [-0.15, -0.1) is 0 Å². The second-order valence-electron chi connectivity index (χ2n) is 9.55. The molecule has 0 atom stereocenters. The number of benzene rings is 2. The molecule has 7 nitrogen and oxygen atoms in total. The summed E-state index contributed by atoms with van der Waals surface area (Å²) < 4.78 is 84.9. The summed E-state index contributed by atoms with van der Waals surface area (Å²) in [6.07, 6.45) is -8.28. The van der Waals surface area contributed by atoms with Crippen LogP contribution in [-0.4, -0.2) is 40.6 Å². The second kappa shape index (κ2) is 13.3. The molecule has 2 aromatic heterocycles. The first-order chi connectivity index (χ1) is 20.4. The molecule has 0 amide bonds. The first-order valence-electron chi connectivity index (χ1n) is 13.1. The molecule has 2 aromatic carbocycles. The van der Waals surface area contributed by atoms with Crippen LogP contribution in [0.2, 0.25) is 0 Å². The number of aromatic nitrogens is 3. The summed E-state index contributed by atoms with van der Waals surface area (Å²) in [6, 6.07) is 17.2. The Hall–Kier alpha value is -4.39. The van der Waals surface area contributed by atoms with E-state index in [2.05, 4.69) is 19.9 Å². The summed E-state index contributed by atoms with van der Waals surface area (Å²) in [4.78, 5) is 25.0. The highest BCUT2D eigenvalue weighted by Gasteiger charge is 2.41. The third-order valence-electron chi connectivity index (χ3n) is 6.51. The summed E-state index contributed by atoms with van der Waals surface area (Å²) in [7, 11) is 0.995. The van der Waals surface area contributed by atoms with Gasteiger partial charge in [-0.2, -0.15) is 36.3 Å². The van der Waals surface area contributed by atoms with Gasteiger partial charge in [-0.1, -0.05) is 36.4 Å². The van der Waals surface area contributed by atoms with E-state index < -0.39 is 36.0 Å². The molecular weight excluding hydrogens is 580 g/mol. The van der Waals surface area contributed by atoms with Gasteiger partial charge in [0.15, 0.2) is 11.5 Å². The van der Waals surface area contributed by atoms with Crippen LogP contribution in [0.3, 0.4) is 0 Å². The Morgan fingerprint density at radius 1 is 0.930 bits per heavy atom. The second-order valence-corrected chi connectivity index (χ2v) is 9.55. The van der Waals surface area contributed by atoms with Crippen LogP contribution in [0.4, 0.5) is 26.3 Å². The van der Waals surface area contributed by atoms with Crippen LogP contribution in [-0.2, 0) is 28.8 Å². The molecule has 228 valence electrons. The number of pyridine rings is 1. The minimum atomic E-state index is -4.95. The third-order valence-corrected chi connectivity index (χ3v) is 6.51. The largest absolute Gasteiger partial charge is 0.494 e. The van der Waals surface area contributed by atoms with Crippen molar-refractivity contribution >= 4 is 5.97 Å². The Labute approximate surface area is 243 Å². The van der Waals surface area contributed by atoms with Crippen LogP contribution in [0, 0.1) is 6.92 Å². The Bertz CT molecular complexity index is 1570. The molecule has 0 aliphatic heterocycles. The first-order valence-corrected chi connectivity index (χ1v) is 13.1. The normalized spacial score (nSPS) is 11.9. The molecule has 0 saturated carbocycles. The van der Waals surface area contributed by atoms with Crippen LogP contribution in [0.1, 0.15) is 45.6 Å². The predicted molar refractivity (Wildman–Crippen MR) is 144 cm³/mol. The third kappa shape index (κ3) is 8.13. The van der Waals surface area contributed by atoms with Crippen molar-refractivity contribution < 1.29 is 45.6 Å². The van der Waals surface area contributed by atoms with Crippen LogP contribution in [0.25, 0.3) is 17.1 Å². The molecule has 0 spiro atoms. The van der Waals surface area contributed by atoms with Crippen molar-refractivity contribution in [2.24, 2.45) is 0 Å². The highest BCUT2D eigenvalue weighted by Crippen LogP contribution is 2.34. The number of carbonyl (C=O) groups is 1. The fourth-order valence-corrected chi connectivity index (χ4v) is 4.51. The smallest absolute Gasteiger partial charge is 0.434 e. The highest BCUT2D eigenvalue weighted by molar-refractivity contribution is 5.90. The lowest BCUT2D eigenvalue weighted by Gasteiger charge is -2.14. The minimum absolute atomic E-state index is 0.0424. The van der Waals surface area contributed by atoms with Crippen LogP contribution in [0.5, 0.6) is 5.75 Å². The molecule has 2 heterocycles. The summed E-state index contributed by atoms with van der Waals surface area (Å²) >= 11 is 0. The molecule has 4 aromatic rings. The van der Waals surface area contributed by atoms with Gasteiger partial charge in [0, 0.05) is 12.0 Å². The van der Waals surface area contributed by atoms with E-state index in [9.17, 15) is 31.1 Å². The van der Waals surface area contributed by atoms with Gasteiger partial charge in [0.05, 0.1) is 25.6 Å². The summed E-state index contributed by atoms with van der Waals surface area (Å²) in [5, 5.41) is 3.76. The van der Waals surface area contributed by atoms with Crippen LogP contribution < -0.4 is 4.74 Å². The van der Waals surface area contributed by atoms with Gasteiger partial charge in [0.1, 0.15) is 11.3 Å². The van der Waals surface area contributed by atoms with Crippen LogP contribution >= 0.6 is 0 Å². The van der Waals surface area contributed by atoms with Crippen molar-refractivity contribution in [3.05, 3.63) is 94.8 Å². The van der Waals surface area contributed by atoms with E-state index in [-0.39, 0.29) is 18.8 Å². The van der Waals surface area contributed by atoms with E-state index in [1.165, 1.54) is 6.07 Å². The van der Waals surface area contributed by atoms with E-state index in [1.54, 1.807) is 36.4 Å². The molecule has 0 aliphatic carbocycles. The monoisotopic (exact) mass is 607 g/mol. The molecule has 0 bridgehead atoms. The number of ether oxygens (including phenoxy) is 1. The summed E-state index contributed by atoms with van der Waals surface area (Å²) in [6.45, 7) is 1.84. The quantitative estimate of drug-likeness (QED) is 0.0762. The number of rotatable bonds is 11. The van der Waals surface area contributed by atoms with Gasteiger partial charge < -0.3 is 4.74 Å². The zero-order chi connectivity index (χ0) is 31.2. The SMILES string of the molecule is COOC(=O)c1cnn(-c2cccc(-c3ccccc3CCc3ccc(OCCCC(F)(F)F)cc3C)n2)c1C(F)(F)F. The van der Waals surface area contributed by atoms with Crippen molar-refractivity contribution in [1.82, 2.24) is 14.8 Å². The van der Waals surface area contributed by atoms with Crippen LogP contribution in [0.15, 0.2) is 66.9 Å². The number of halogens is 6. The molecule has 0 unspecified atom stereocenters. The van der Waals surface area contributed by atoms with Gasteiger partial charge in [-0.3, -0.25) is 4.89 Å². The molecule has 0 N–H and O–H groups in total. The topological polar surface area (TPSA) is 75.5 Å². The van der Waals surface area contributed by atoms with Crippen molar-refractivity contribution in [2.75, 3.05) is 13.7 Å². The summed E-state index contributed by atoms with van der Waals surface area (Å²) in [5.41, 5.74) is 1.72. The lowest BCUT2D eigenvalue weighted by Crippen LogP contribution is -2.19. The van der Waals surface area contributed by atoms with Crippen molar-refractivity contribution in [3.63, 3.8) is 0 Å². The summed E-state index contributed by atoms with van der Waals surface area (Å²) in [5.74, 6) is -1.02. The number of aryl methyl sites for hydroxylation is 3. The van der Waals surface area contributed by atoms with E-state index in [1.807, 2.05) is 25.1 Å². The van der Waals surface area contributed by atoms with Crippen molar-refractivity contribution in [2.45, 2.75) is 45.0 Å². The predicted octanol–water partition coefficient (Wildman–Crippen LogP) is 7.49. The number of hydrogen-bond acceptors (Lipinski definition) is 6. The number of alkyl halides is 6. The highest BCUT2D eigenvalue weighted by atomic mass is 19.4. The molecule has 0 aliphatic rings. The Kier molecular flexibility index (Phi) is 9.74. The zero-order valence-electron chi connectivity index (χ0n) is 23.1. The first kappa shape index (κ1) is 31.5. The van der Waals surface area contributed by atoms with Gasteiger partial charge in [-0.25, -0.2) is 14.5 Å². The van der Waals surface area contributed by atoms with E-state index in [0.717, 1.165) is 30.0 Å². The maximum Gasteiger partial charge on any atom is 0.434 e. The number of nitrogens with zero attached hydrogens (tertiary/aromatic N) is 3. The average Bonchev–Trinajstić information content (AvgIpc) is 3.41. The maximum absolute atomic E-state index is 14.0. The molecular formula is C30H27F6N3O4. The van der Waals surface area contributed by atoms with Gasteiger partial charge in [0.25, 0.3) is 0 Å². The molecule has 43 heavy (non-hydrogen) atoms. The van der Waals surface area contributed by atoms with Gasteiger partial charge in [-0.05, 0) is 67.1 Å². The molecule has 0 fully saturated rings. The molecule has 0 saturated heterocycles. The van der Waals surface area contributed by atoms with Gasteiger partial charge in [0.2, 0.25) is 0 Å². The van der Waals surface area contributed by atoms with Crippen molar-refractivity contribution in [3.8, 4) is 22.8 Å². The molecule has 13 heteroatoms. The van der Waals surface area contributed by atoms with Gasteiger partial charge >= 0.3 is 18.3 Å². The minimum Gasteiger partial charge on any atom is -0.494 e. The lowest BCUT2D eigenvalue weighted by atomic mass is 9.96. The number of hydrogen-bond donors (Lipinski definition) is 0. The van der Waals surface area contributed by atoms with E-state index in [4.69, 9.17) is 4.74 Å². The number of carbonyl (C=O) groups excluding carboxylic acids is 1. The Balaban J connectivity index is 1.54. The lowest BCUT2D eigenvalue weighted by molar-refractivity contribution is -0.216. The molecule has 0 radical (unpaired) electrons. The maximum atomic E-state index is 14.0. The van der Waals surface area contributed by atoms with E-state index >= 15 is 0 Å². The van der Waals surface area contributed by atoms with E-state index in [0.29, 0.717) is 34.5 Å². The van der Waals surface area contributed by atoms with Crippen molar-refractivity contribution in [1.29, 1.82) is 0 Å².